The Morgan fingerprint density at radius 3 is 2.78 bits per heavy atom. The van der Waals surface area contributed by atoms with Crippen LogP contribution >= 0.6 is 23.4 Å². The lowest BCUT2D eigenvalue weighted by Gasteiger charge is -2.32. The Morgan fingerprint density at radius 2 is 2.13 bits per heavy atom. The van der Waals surface area contributed by atoms with Gasteiger partial charge in [-0.05, 0) is 45.9 Å². The molecule has 2 aliphatic rings. The van der Waals surface area contributed by atoms with E-state index in [-0.39, 0.29) is 22.7 Å². The Morgan fingerprint density at radius 1 is 1.43 bits per heavy atom. The van der Waals surface area contributed by atoms with Gasteiger partial charge in [-0.1, -0.05) is 11.6 Å². The lowest BCUT2D eigenvalue weighted by molar-refractivity contribution is -0.121. The van der Waals surface area contributed by atoms with Crippen LogP contribution in [0.15, 0.2) is 18.2 Å². The summed E-state index contributed by atoms with van der Waals surface area (Å²) in [6, 6.07) is 5.06. The summed E-state index contributed by atoms with van der Waals surface area (Å²) in [4.78, 5) is 26.2. The molecule has 1 spiro atoms. The van der Waals surface area contributed by atoms with E-state index in [2.05, 4.69) is 10.6 Å². The van der Waals surface area contributed by atoms with E-state index in [1.807, 2.05) is 27.7 Å². The van der Waals surface area contributed by atoms with Crippen molar-refractivity contribution in [1.29, 1.82) is 0 Å². The smallest absolute Gasteiger partial charge is 0.319 e. The molecule has 0 unspecified atom stereocenters. The van der Waals surface area contributed by atoms with E-state index in [0.29, 0.717) is 17.3 Å². The molecule has 124 valence electrons. The Bertz CT molecular complexity index is 692. The molecule has 2 aliphatic heterocycles. The Labute approximate surface area is 145 Å². The zero-order valence-electron chi connectivity index (χ0n) is 13.6. The topological polar surface area (TPSA) is 61.4 Å². The van der Waals surface area contributed by atoms with Gasteiger partial charge >= 0.3 is 6.03 Å². The number of carbonyl (C=O) groups is 2. The van der Waals surface area contributed by atoms with E-state index in [9.17, 15) is 9.59 Å². The SMILES string of the molecule is CC(C)NC(=O)N1CC(C)(C)S[C@@]12C(=O)Nc1ccc(Cl)cc12. The van der Waals surface area contributed by atoms with Gasteiger partial charge in [-0.25, -0.2) is 4.79 Å². The number of benzene rings is 1. The molecular weight excluding hydrogens is 334 g/mol. The molecule has 1 fully saturated rings. The van der Waals surface area contributed by atoms with Crippen molar-refractivity contribution in [2.45, 2.75) is 43.4 Å². The number of nitrogens with one attached hydrogen (secondary N) is 2. The Hall–Kier alpha value is -1.40. The molecule has 0 aromatic heterocycles. The molecule has 5 nitrogen and oxygen atoms in total. The van der Waals surface area contributed by atoms with Gasteiger partial charge in [-0.15, -0.1) is 11.8 Å². The van der Waals surface area contributed by atoms with E-state index in [1.165, 1.54) is 11.8 Å². The van der Waals surface area contributed by atoms with Gasteiger partial charge in [0.25, 0.3) is 5.91 Å². The van der Waals surface area contributed by atoms with Crippen LogP contribution in [0.5, 0.6) is 0 Å². The maximum absolute atomic E-state index is 12.9. The van der Waals surface area contributed by atoms with Crippen molar-refractivity contribution < 1.29 is 9.59 Å². The molecule has 2 N–H and O–H groups in total. The third kappa shape index (κ3) is 2.58. The van der Waals surface area contributed by atoms with Gasteiger partial charge in [0.15, 0.2) is 4.87 Å². The summed E-state index contributed by atoms with van der Waals surface area (Å²) in [5.41, 5.74) is 1.47. The molecule has 1 atom stereocenters. The number of rotatable bonds is 1. The highest BCUT2D eigenvalue weighted by molar-refractivity contribution is 8.02. The van der Waals surface area contributed by atoms with Crippen LogP contribution in [0.3, 0.4) is 0 Å². The van der Waals surface area contributed by atoms with E-state index < -0.39 is 4.87 Å². The van der Waals surface area contributed by atoms with Gasteiger partial charge in [0, 0.05) is 33.6 Å². The number of nitrogens with zero attached hydrogens (tertiary/aromatic N) is 1. The number of urea groups is 1. The standard InChI is InChI=1S/C16H20ClN3O2S/c1-9(2)18-14(22)20-8-15(3,4)23-16(20)11-7-10(17)5-6-12(11)19-13(16)21/h5-7,9H,8H2,1-4H3,(H,18,22)(H,19,21)/t16-/m0/s1. The highest BCUT2D eigenvalue weighted by Gasteiger charge is 2.61. The number of halogens is 1. The van der Waals surface area contributed by atoms with Crippen LogP contribution in [-0.2, 0) is 9.67 Å². The van der Waals surface area contributed by atoms with Crippen LogP contribution in [0.2, 0.25) is 5.02 Å². The summed E-state index contributed by atoms with van der Waals surface area (Å²) in [7, 11) is 0. The maximum atomic E-state index is 12.9. The van der Waals surface area contributed by atoms with Gasteiger partial charge in [0.05, 0.1) is 0 Å². The predicted octanol–water partition coefficient (Wildman–Crippen LogP) is 3.39. The molecule has 3 rings (SSSR count). The summed E-state index contributed by atoms with van der Waals surface area (Å²) >= 11 is 7.64. The van der Waals surface area contributed by atoms with Crippen LogP contribution < -0.4 is 10.6 Å². The summed E-state index contributed by atoms with van der Waals surface area (Å²) in [5.74, 6) is -0.191. The highest BCUT2D eigenvalue weighted by Crippen LogP contribution is 2.58. The molecule has 23 heavy (non-hydrogen) atoms. The van der Waals surface area contributed by atoms with Gasteiger partial charge in [-0.2, -0.15) is 0 Å². The zero-order valence-corrected chi connectivity index (χ0v) is 15.1. The number of anilines is 1. The molecule has 0 aliphatic carbocycles. The highest BCUT2D eigenvalue weighted by atomic mass is 35.5. The minimum absolute atomic E-state index is 0.00319. The molecular formula is C16H20ClN3O2S. The number of hydrogen-bond acceptors (Lipinski definition) is 3. The second-order valence-electron chi connectivity index (χ2n) is 6.84. The maximum Gasteiger partial charge on any atom is 0.319 e. The first-order valence-corrected chi connectivity index (χ1v) is 8.75. The number of amides is 3. The molecule has 0 saturated carbocycles. The van der Waals surface area contributed by atoms with Crippen molar-refractivity contribution in [3.05, 3.63) is 28.8 Å². The van der Waals surface area contributed by atoms with Gasteiger partial charge in [0.2, 0.25) is 0 Å². The first-order valence-electron chi connectivity index (χ1n) is 7.55. The number of carbonyl (C=O) groups excluding carboxylic acids is 2. The van der Waals surface area contributed by atoms with Gasteiger partial charge in [0.1, 0.15) is 0 Å². The van der Waals surface area contributed by atoms with Crippen LogP contribution in [-0.4, -0.2) is 34.2 Å². The molecule has 1 saturated heterocycles. The fraction of sp³-hybridized carbons (Fsp3) is 0.500. The quantitative estimate of drug-likeness (QED) is 0.813. The van der Waals surface area contributed by atoms with E-state index >= 15 is 0 Å². The molecule has 0 bridgehead atoms. The third-order valence-corrected chi connectivity index (χ3v) is 5.74. The first kappa shape index (κ1) is 16.5. The molecule has 3 amide bonds. The second kappa shape index (κ2) is 5.31. The molecule has 0 radical (unpaired) electrons. The van der Waals surface area contributed by atoms with Crippen LogP contribution in [0.4, 0.5) is 10.5 Å². The van der Waals surface area contributed by atoms with Gasteiger partial charge < -0.3 is 10.6 Å². The number of hydrogen-bond donors (Lipinski definition) is 2. The average molecular weight is 354 g/mol. The predicted molar refractivity (Wildman–Crippen MR) is 93.8 cm³/mol. The fourth-order valence-corrected chi connectivity index (χ4v) is 4.97. The van der Waals surface area contributed by atoms with E-state index in [4.69, 9.17) is 11.6 Å². The first-order chi connectivity index (χ1) is 10.7. The van der Waals surface area contributed by atoms with Crippen molar-refractivity contribution in [1.82, 2.24) is 10.2 Å². The zero-order chi connectivity index (χ0) is 17.0. The lowest BCUT2D eigenvalue weighted by atomic mass is 10.0. The van der Waals surface area contributed by atoms with Crippen molar-refractivity contribution in [3.8, 4) is 0 Å². The normalized spacial score (nSPS) is 25.0. The lowest BCUT2D eigenvalue weighted by Crippen LogP contribution is -2.53. The minimum Gasteiger partial charge on any atom is -0.336 e. The Kier molecular flexibility index (Phi) is 3.80. The van der Waals surface area contributed by atoms with Gasteiger partial charge in [-0.3, -0.25) is 9.69 Å². The monoisotopic (exact) mass is 353 g/mol. The largest absolute Gasteiger partial charge is 0.336 e. The summed E-state index contributed by atoms with van der Waals surface area (Å²) < 4.78 is -0.240. The Balaban J connectivity index is 2.13. The average Bonchev–Trinajstić information content (AvgIpc) is 2.86. The van der Waals surface area contributed by atoms with Crippen LogP contribution in [0.1, 0.15) is 33.3 Å². The van der Waals surface area contributed by atoms with Crippen LogP contribution in [0, 0.1) is 0 Å². The fourth-order valence-electron chi connectivity index (χ4n) is 3.12. The van der Waals surface area contributed by atoms with Crippen molar-refractivity contribution in [2.24, 2.45) is 0 Å². The molecule has 2 heterocycles. The number of thioether (sulfide) groups is 1. The minimum atomic E-state index is -1.07. The van der Waals surface area contributed by atoms with Crippen molar-refractivity contribution in [2.75, 3.05) is 11.9 Å². The summed E-state index contributed by atoms with van der Waals surface area (Å²) in [6.45, 7) is 8.36. The molecule has 7 heteroatoms. The summed E-state index contributed by atoms with van der Waals surface area (Å²) in [6.07, 6.45) is 0. The second-order valence-corrected chi connectivity index (χ2v) is 9.18. The van der Waals surface area contributed by atoms with Crippen molar-refractivity contribution >= 4 is 41.0 Å². The number of fused-ring (bicyclic) bond motifs is 2. The van der Waals surface area contributed by atoms with Crippen molar-refractivity contribution in [3.63, 3.8) is 0 Å². The summed E-state index contributed by atoms with van der Waals surface area (Å²) in [5, 5.41) is 6.34. The third-order valence-electron chi connectivity index (χ3n) is 3.90. The van der Waals surface area contributed by atoms with E-state index in [0.717, 1.165) is 5.56 Å². The molecule has 1 aromatic rings. The van der Waals surface area contributed by atoms with Crippen LogP contribution in [0.25, 0.3) is 0 Å². The molecule has 1 aromatic carbocycles. The van der Waals surface area contributed by atoms with E-state index in [1.54, 1.807) is 23.1 Å².